The summed E-state index contributed by atoms with van der Waals surface area (Å²) in [6, 6.07) is 5.82. The van der Waals surface area contributed by atoms with Crippen molar-refractivity contribution in [1.29, 1.82) is 0 Å². The number of carbonyl (C=O) groups excluding carboxylic acids is 1. The Morgan fingerprint density at radius 3 is 2.81 bits per heavy atom. The van der Waals surface area contributed by atoms with Gasteiger partial charge in [-0.25, -0.2) is 9.37 Å². The first-order valence-electron chi connectivity index (χ1n) is 10.7. The number of anilines is 2. The molecule has 0 spiro atoms. The van der Waals surface area contributed by atoms with Crippen LogP contribution in [0.4, 0.5) is 15.8 Å². The summed E-state index contributed by atoms with van der Waals surface area (Å²) in [6.45, 7) is 4.94. The Morgan fingerprint density at radius 2 is 2.06 bits per heavy atom. The number of halogens is 1. The van der Waals surface area contributed by atoms with Crippen molar-refractivity contribution in [3.05, 3.63) is 53.9 Å². The number of nitrogens with one attached hydrogen (secondary N) is 2. The molecule has 4 heterocycles. The van der Waals surface area contributed by atoms with Gasteiger partial charge in [0.1, 0.15) is 5.52 Å². The second-order valence-corrected chi connectivity index (χ2v) is 8.46. The number of aromatic nitrogens is 4. The first-order chi connectivity index (χ1) is 15.4. The van der Waals surface area contributed by atoms with E-state index in [1.54, 1.807) is 34.5 Å². The highest BCUT2D eigenvalue weighted by Crippen LogP contribution is 2.34. The van der Waals surface area contributed by atoms with Crippen molar-refractivity contribution in [2.24, 2.45) is 7.05 Å². The van der Waals surface area contributed by atoms with Gasteiger partial charge in [-0.1, -0.05) is 0 Å². The summed E-state index contributed by atoms with van der Waals surface area (Å²) in [6.07, 6.45) is 6.38. The monoisotopic (exact) mass is 435 g/mol. The lowest BCUT2D eigenvalue weighted by atomic mass is 10.1. The van der Waals surface area contributed by atoms with Gasteiger partial charge in [0.25, 0.3) is 5.91 Å². The van der Waals surface area contributed by atoms with Gasteiger partial charge in [0, 0.05) is 61.4 Å². The second-order valence-electron chi connectivity index (χ2n) is 8.46. The predicted molar refractivity (Wildman–Crippen MR) is 123 cm³/mol. The zero-order valence-electron chi connectivity index (χ0n) is 18.6. The Balaban J connectivity index is 1.50. The fourth-order valence-electron chi connectivity index (χ4n) is 4.75. The number of nitrogens with zero attached hydrogens (tertiary/aromatic N) is 5. The normalized spacial score (nSPS) is 18.7. The molecule has 0 bridgehead atoms. The van der Waals surface area contributed by atoms with E-state index in [2.05, 4.69) is 32.5 Å². The van der Waals surface area contributed by atoms with Crippen LogP contribution < -0.4 is 15.5 Å². The molecule has 32 heavy (non-hydrogen) atoms. The largest absolute Gasteiger partial charge is 0.367 e. The fraction of sp³-hybridized carbons (Fsp3) is 0.348. The molecular weight excluding hydrogens is 409 g/mol. The number of amides is 1. The summed E-state index contributed by atoms with van der Waals surface area (Å²) in [4.78, 5) is 19.7. The average molecular weight is 436 g/mol. The number of likely N-dealkylation sites (N-methyl/N-ethyl adjacent to an activating group) is 1. The minimum Gasteiger partial charge on any atom is -0.367 e. The van der Waals surface area contributed by atoms with Crippen LogP contribution in [0, 0.1) is 12.7 Å². The SMILES string of the molecule is CN[C@@H]1CCN(c2ccc(C(=O)Nc3cc(F)c4nc(C)cn4c3)c3nn(C)cc23)[C@@H]1C. The standard InChI is InChI=1S/C23H26FN7O/c1-13-10-30-11-15(9-18(24)22(30)26-13)27-23(32)16-5-6-20(17-12-29(4)28-21(16)17)31-8-7-19(25-3)14(31)2/h5-6,9-12,14,19,25H,7-8H2,1-4H3,(H,27,32)/t14-,19-/m1/s1. The van der Waals surface area contributed by atoms with E-state index in [4.69, 9.17) is 0 Å². The number of fused-ring (bicyclic) bond motifs is 2. The molecule has 1 fully saturated rings. The highest BCUT2D eigenvalue weighted by molar-refractivity contribution is 6.14. The number of hydrogen-bond acceptors (Lipinski definition) is 5. The molecule has 5 rings (SSSR count). The molecule has 8 nitrogen and oxygen atoms in total. The predicted octanol–water partition coefficient (Wildman–Crippen LogP) is 3.11. The van der Waals surface area contributed by atoms with E-state index in [0.29, 0.717) is 34.5 Å². The molecule has 0 radical (unpaired) electrons. The number of aryl methyl sites for hydroxylation is 2. The first kappa shape index (κ1) is 20.4. The Hall–Kier alpha value is -3.46. The van der Waals surface area contributed by atoms with Gasteiger partial charge >= 0.3 is 0 Å². The summed E-state index contributed by atoms with van der Waals surface area (Å²) in [7, 11) is 3.84. The third-order valence-corrected chi connectivity index (χ3v) is 6.33. The minimum absolute atomic E-state index is 0.233. The van der Waals surface area contributed by atoms with Crippen molar-refractivity contribution in [1.82, 2.24) is 24.5 Å². The number of rotatable bonds is 4. The van der Waals surface area contributed by atoms with Gasteiger partial charge in [0.05, 0.1) is 16.9 Å². The Morgan fingerprint density at radius 1 is 1.25 bits per heavy atom. The molecule has 1 aliphatic rings. The summed E-state index contributed by atoms with van der Waals surface area (Å²) < 4.78 is 17.7. The van der Waals surface area contributed by atoms with Crippen molar-refractivity contribution in [2.45, 2.75) is 32.4 Å². The van der Waals surface area contributed by atoms with Gasteiger partial charge in [-0.05, 0) is 39.4 Å². The van der Waals surface area contributed by atoms with E-state index in [1.807, 2.05) is 26.4 Å². The Bertz CT molecular complexity index is 1340. The molecule has 1 amide bonds. The Kier molecular flexibility index (Phi) is 4.85. The molecule has 0 unspecified atom stereocenters. The van der Waals surface area contributed by atoms with Crippen molar-refractivity contribution in [3.63, 3.8) is 0 Å². The lowest BCUT2D eigenvalue weighted by molar-refractivity contribution is 0.102. The van der Waals surface area contributed by atoms with Gasteiger partial charge in [-0.15, -0.1) is 0 Å². The maximum atomic E-state index is 14.4. The number of carbonyl (C=O) groups is 1. The average Bonchev–Trinajstić information content (AvgIpc) is 3.42. The zero-order valence-corrected chi connectivity index (χ0v) is 18.6. The number of pyridine rings is 1. The van der Waals surface area contributed by atoms with Gasteiger partial charge in [-0.3, -0.25) is 9.48 Å². The molecule has 0 saturated carbocycles. The van der Waals surface area contributed by atoms with Crippen LogP contribution in [0.5, 0.6) is 0 Å². The van der Waals surface area contributed by atoms with Gasteiger partial charge < -0.3 is 19.9 Å². The lowest BCUT2D eigenvalue weighted by Gasteiger charge is -2.27. The van der Waals surface area contributed by atoms with Gasteiger partial charge in [0.15, 0.2) is 11.5 Å². The molecule has 1 aromatic carbocycles. The molecule has 166 valence electrons. The third kappa shape index (κ3) is 3.29. The second kappa shape index (κ2) is 7.59. The van der Waals surface area contributed by atoms with E-state index in [-0.39, 0.29) is 11.6 Å². The summed E-state index contributed by atoms with van der Waals surface area (Å²) in [5, 5.41) is 11.7. The molecule has 3 aromatic heterocycles. The van der Waals surface area contributed by atoms with E-state index in [9.17, 15) is 9.18 Å². The van der Waals surface area contributed by atoms with Crippen LogP contribution in [-0.4, -0.2) is 50.7 Å². The first-order valence-corrected chi connectivity index (χ1v) is 10.7. The zero-order chi connectivity index (χ0) is 22.6. The van der Waals surface area contributed by atoms with Gasteiger partial charge in [0.2, 0.25) is 0 Å². The summed E-state index contributed by atoms with van der Waals surface area (Å²) in [5.41, 5.74) is 3.43. The maximum Gasteiger partial charge on any atom is 0.257 e. The number of hydrogen-bond donors (Lipinski definition) is 2. The maximum absolute atomic E-state index is 14.4. The third-order valence-electron chi connectivity index (χ3n) is 6.33. The van der Waals surface area contributed by atoms with E-state index in [1.165, 1.54) is 6.07 Å². The smallest absolute Gasteiger partial charge is 0.257 e. The van der Waals surface area contributed by atoms with E-state index < -0.39 is 5.82 Å². The molecule has 4 aromatic rings. The highest BCUT2D eigenvalue weighted by atomic mass is 19.1. The van der Waals surface area contributed by atoms with Crippen molar-refractivity contribution < 1.29 is 9.18 Å². The van der Waals surface area contributed by atoms with Crippen LogP contribution in [0.2, 0.25) is 0 Å². The quantitative estimate of drug-likeness (QED) is 0.515. The van der Waals surface area contributed by atoms with Crippen LogP contribution in [0.25, 0.3) is 16.6 Å². The minimum atomic E-state index is -0.490. The molecule has 2 atom stereocenters. The lowest BCUT2D eigenvalue weighted by Crippen LogP contribution is -2.38. The molecule has 0 aliphatic carbocycles. The molecular formula is C23H26FN7O. The van der Waals surface area contributed by atoms with Crippen LogP contribution in [0.15, 0.2) is 36.8 Å². The summed E-state index contributed by atoms with van der Waals surface area (Å²) in [5.74, 6) is -0.824. The van der Waals surface area contributed by atoms with E-state index in [0.717, 1.165) is 24.0 Å². The summed E-state index contributed by atoms with van der Waals surface area (Å²) >= 11 is 0. The van der Waals surface area contributed by atoms with Crippen molar-refractivity contribution in [3.8, 4) is 0 Å². The molecule has 9 heteroatoms. The molecule has 2 N–H and O–H groups in total. The molecule has 1 aliphatic heterocycles. The number of imidazole rings is 1. The van der Waals surface area contributed by atoms with Crippen LogP contribution in [0.3, 0.4) is 0 Å². The van der Waals surface area contributed by atoms with Crippen molar-refractivity contribution in [2.75, 3.05) is 23.8 Å². The topological polar surface area (TPSA) is 79.5 Å². The van der Waals surface area contributed by atoms with Crippen molar-refractivity contribution >= 4 is 33.8 Å². The van der Waals surface area contributed by atoms with E-state index >= 15 is 0 Å². The van der Waals surface area contributed by atoms with Crippen LogP contribution in [-0.2, 0) is 7.05 Å². The highest BCUT2D eigenvalue weighted by Gasteiger charge is 2.31. The molecule has 1 saturated heterocycles. The Labute approximate surface area is 185 Å². The fourth-order valence-corrected chi connectivity index (χ4v) is 4.75. The van der Waals surface area contributed by atoms with Gasteiger partial charge in [-0.2, -0.15) is 5.10 Å². The van der Waals surface area contributed by atoms with Crippen LogP contribution in [0.1, 0.15) is 29.4 Å². The number of benzene rings is 1. The van der Waals surface area contributed by atoms with Crippen LogP contribution >= 0.6 is 0 Å².